The number of piperidine rings is 2. The minimum atomic E-state index is -0.504. The number of nitrogens with one attached hydrogen (secondary N) is 2. The van der Waals surface area contributed by atoms with Crippen LogP contribution in [0.25, 0.3) is 44.6 Å². The first-order valence-electron chi connectivity index (χ1n) is 23.9. The SMILES string of the molecule is Cc1cc(C(C)Br)c2c(c1)c(=O)n(C)c1c(C3CCN(C(=O)OC(C)(C)C)CC3)ncn21.Cc1cc(C(C)Nc2ccc(Cl)nc2-c2ncn(C)n2)c2c(c1)c(=O)n(C)c1c(C3CCNCC3)ncn21. The van der Waals surface area contributed by atoms with Crippen molar-refractivity contribution in [2.24, 2.45) is 21.1 Å². The summed E-state index contributed by atoms with van der Waals surface area (Å²) in [5, 5.41) is 13.2. The van der Waals surface area contributed by atoms with Gasteiger partial charge in [-0.2, -0.15) is 0 Å². The number of imidazole rings is 2. The lowest BCUT2D eigenvalue weighted by Crippen LogP contribution is -2.41. The first-order chi connectivity index (χ1) is 33.3. The van der Waals surface area contributed by atoms with Gasteiger partial charge >= 0.3 is 6.09 Å². The van der Waals surface area contributed by atoms with Crippen LogP contribution in [0.2, 0.25) is 5.15 Å². The van der Waals surface area contributed by atoms with Gasteiger partial charge in [0.1, 0.15) is 46.7 Å². The van der Waals surface area contributed by atoms with Gasteiger partial charge in [-0.05, 0) is 134 Å². The summed E-state index contributed by atoms with van der Waals surface area (Å²) in [6, 6.07) is 11.6. The average Bonchev–Trinajstić information content (AvgIpc) is 4.09. The summed E-state index contributed by atoms with van der Waals surface area (Å²) in [6.45, 7) is 17.0. The molecular formula is C51H61BrClN13O4. The molecule has 0 aliphatic carbocycles. The average molecular weight is 1040 g/mol. The van der Waals surface area contributed by atoms with E-state index in [-0.39, 0.29) is 34.0 Å². The molecule has 0 radical (unpaired) electrons. The number of hydrogen-bond acceptors (Lipinski definition) is 11. The topological polar surface area (TPSA) is 176 Å². The van der Waals surface area contributed by atoms with Gasteiger partial charge in [-0.25, -0.2) is 24.7 Å². The molecule has 2 unspecified atom stereocenters. The monoisotopic (exact) mass is 1030 g/mol. The first-order valence-corrected chi connectivity index (χ1v) is 25.2. The highest BCUT2D eigenvalue weighted by Gasteiger charge is 2.31. The molecule has 2 aromatic carbocycles. The van der Waals surface area contributed by atoms with Crippen molar-refractivity contribution < 1.29 is 9.53 Å². The third-order valence-electron chi connectivity index (χ3n) is 13.5. The van der Waals surface area contributed by atoms with E-state index in [9.17, 15) is 14.4 Å². The van der Waals surface area contributed by atoms with E-state index < -0.39 is 5.60 Å². The van der Waals surface area contributed by atoms with Crippen LogP contribution in [-0.2, 0) is 25.9 Å². The Hall–Kier alpha value is -6.11. The zero-order valence-corrected chi connectivity index (χ0v) is 43.8. The number of pyridine rings is 1. The molecule has 2 aliphatic heterocycles. The minimum absolute atomic E-state index is 0.0152. The number of ether oxygens (including phenoxy) is 1. The lowest BCUT2D eigenvalue weighted by atomic mass is 9.93. The Morgan fingerprint density at radius 1 is 0.800 bits per heavy atom. The maximum absolute atomic E-state index is 13.7. The second kappa shape index (κ2) is 19.2. The second-order valence-corrected chi connectivity index (χ2v) is 21.7. The Balaban J connectivity index is 0.000000177. The van der Waals surface area contributed by atoms with Gasteiger partial charge in [0.05, 0.1) is 44.9 Å². The highest BCUT2D eigenvalue weighted by molar-refractivity contribution is 9.09. The van der Waals surface area contributed by atoms with Crippen molar-refractivity contribution in [1.29, 1.82) is 0 Å². The molecule has 8 aromatic rings. The molecule has 19 heteroatoms. The van der Waals surface area contributed by atoms with Crippen LogP contribution in [0.5, 0.6) is 0 Å². The normalized spacial score (nSPS) is 16.0. The molecule has 6 aromatic heterocycles. The number of halogens is 2. The van der Waals surface area contributed by atoms with Crippen LogP contribution in [0.1, 0.15) is 117 Å². The van der Waals surface area contributed by atoms with Gasteiger partial charge < -0.3 is 20.3 Å². The molecule has 2 atom stereocenters. The molecule has 17 nitrogen and oxygen atoms in total. The van der Waals surface area contributed by atoms with Crippen LogP contribution >= 0.6 is 27.5 Å². The number of alkyl halides is 1. The van der Waals surface area contributed by atoms with Crippen LogP contribution in [0.3, 0.4) is 0 Å². The number of likely N-dealkylation sites (tertiary alicyclic amines) is 1. The maximum Gasteiger partial charge on any atom is 0.410 e. The quantitative estimate of drug-likeness (QED) is 0.115. The molecule has 10 rings (SSSR count). The predicted molar refractivity (Wildman–Crippen MR) is 279 cm³/mol. The Bertz CT molecular complexity index is 3420. The molecule has 0 saturated carbocycles. The molecule has 368 valence electrons. The van der Waals surface area contributed by atoms with Gasteiger partial charge in [-0.3, -0.25) is 32.2 Å². The Morgan fingerprint density at radius 3 is 1.87 bits per heavy atom. The van der Waals surface area contributed by atoms with E-state index in [0.29, 0.717) is 46.5 Å². The fourth-order valence-electron chi connectivity index (χ4n) is 10.2. The van der Waals surface area contributed by atoms with E-state index in [1.807, 2.05) is 86.6 Å². The van der Waals surface area contributed by atoms with Crippen molar-refractivity contribution in [3.05, 3.63) is 115 Å². The maximum atomic E-state index is 13.7. The number of aromatic nitrogens is 10. The first kappa shape index (κ1) is 48.9. The predicted octanol–water partition coefficient (Wildman–Crippen LogP) is 9.04. The van der Waals surface area contributed by atoms with Crippen molar-refractivity contribution in [3.8, 4) is 11.5 Å². The van der Waals surface area contributed by atoms with E-state index in [2.05, 4.69) is 76.4 Å². The van der Waals surface area contributed by atoms with Gasteiger partial charge in [0, 0.05) is 50.9 Å². The molecule has 2 aliphatic rings. The van der Waals surface area contributed by atoms with Crippen molar-refractivity contribution in [3.63, 3.8) is 0 Å². The van der Waals surface area contributed by atoms with E-state index in [0.717, 1.165) is 100 Å². The number of aryl methyl sites for hydroxylation is 5. The Kier molecular flexibility index (Phi) is 13.4. The molecule has 0 bridgehead atoms. The van der Waals surface area contributed by atoms with Crippen molar-refractivity contribution in [2.75, 3.05) is 31.5 Å². The standard InChI is InChI=1S/C27H30ClN9O.C24H31BrN4O3/c1-15-11-18(16(2)32-20-5-6-21(28)33-23(20)25-31-13-35(3)34-25)24-19(12-15)27(38)36(4)26-22(30-14-37(24)26)17-7-9-29-10-8-17;1-14-11-17(15(2)25)20-18(12-14)22(30)27(6)21-19(26-13-29(20)21)16-7-9-28(10-8-16)23(31)32-24(3,4)5/h5-6,11-14,16-17,29,32H,7-10H2,1-4H3;11-13,15-16H,7-10H2,1-6H3. The number of carbonyl (C=O) groups excluding carboxylic acids is 1. The van der Waals surface area contributed by atoms with Crippen LogP contribution in [0.4, 0.5) is 10.5 Å². The molecule has 70 heavy (non-hydrogen) atoms. The van der Waals surface area contributed by atoms with Crippen molar-refractivity contribution in [1.82, 2.24) is 57.9 Å². The number of rotatable bonds is 7. The number of hydrogen-bond donors (Lipinski definition) is 2. The summed E-state index contributed by atoms with van der Waals surface area (Å²) in [5.74, 6) is 0.982. The zero-order valence-electron chi connectivity index (χ0n) is 41.5. The number of amides is 1. The number of benzene rings is 2. The van der Waals surface area contributed by atoms with E-state index in [4.69, 9.17) is 26.3 Å². The third kappa shape index (κ3) is 9.32. The van der Waals surface area contributed by atoms with E-state index in [1.54, 1.807) is 31.1 Å². The van der Waals surface area contributed by atoms with Gasteiger partial charge in [-0.15, -0.1) is 5.10 Å². The lowest BCUT2D eigenvalue weighted by molar-refractivity contribution is 0.0204. The number of carbonyl (C=O) groups is 1. The van der Waals surface area contributed by atoms with Gasteiger partial charge in [0.2, 0.25) is 5.82 Å². The van der Waals surface area contributed by atoms with Crippen LogP contribution < -0.4 is 21.8 Å². The largest absolute Gasteiger partial charge is 0.444 e. The molecular weight excluding hydrogens is 974 g/mol. The van der Waals surface area contributed by atoms with Crippen LogP contribution in [0, 0.1) is 13.8 Å². The Labute approximate surface area is 419 Å². The zero-order chi connectivity index (χ0) is 49.9. The molecule has 2 N–H and O–H groups in total. The van der Waals surface area contributed by atoms with Crippen molar-refractivity contribution in [2.45, 2.75) is 102 Å². The molecule has 8 heterocycles. The number of anilines is 1. The smallest absolute Gasteiger partial charge is 0.410 e. The summed E-state index contributed by atoms with van der Waals surface area (Å²) in [4.78, 5) is 59.8. The molecule has 2 fully saturated rings. The molecule has 1 amide bonds. The number of nitrogens with zero attached hydrogens (tertiary/aromatic N) is 11. The summed E-state index contributed by atoms with van der Waals surface area (Å²) in [7, 11) is 5.47. The van der Waals surface area contributed by atoms with Gasteiger partial charge in [0.15, 0.2) is 0 Å². The van der Waals surface area contributed by atoms with Crippen LogP contribution in [-0.4, -0.2) is 90.4 Å². The summed E-state index contributed by atoms with van der Waals surface area (Å²) >= 11 is 9.94. The second-order valence-electron chi connectivity index (χ2n) is 19.9. The highest BCUT2D eigenvalue weighted by Crippen LogP contribution is 2.36. The summed E-state index contributed by atoms with van der Waals surface area (Å²) in [5.41, 5.74) is 10.3. The number of fused-ring (bicyclic) bond motifs is 6. The summed E-state index contributed by atoms with van der Waals surface area (Å²) in [6.07, 6.45) is 8.65. The van der Waals surface area contributed by atoms with E-state index in [1.165, 1.54) is 0 Å². The fraction of sp³-hybridized carbons (Fsp3) is 0.451. The van der Waals surface area contributed by atoms with Gasteiger partial charge in [0.25, 0.3) is 11.1 Å². The van der Waals surface area contributed by atoms with Crippen molar-refractivity contribution >= 4 is 72.4 Å². The van der Waals surface area contributed by atoms with Gasteiger partial charge in [-0.1, -0.05) is 39.7 Å². The van der Waals surface area contributed by atoms with Crippen LogP contribution in [0.15, 0.2) is 65.0 Å². The highest BCUT2D eigenvalue weighted by atomic mass is 79.9. The minimum Gasteiger partial charge on any atom is -0.444 e. The third-order valence-corrected chi connectivity index (χ3v) is 14.2. The molecule has 0 spiro atoms. The molecule has 2 saturated heterocycles. The Morgan fingerprint density at radius 2 is 1.34 bits per heavy atom. The summed E-state index contributed by atoms with van der Waals surface area (Å²) < 4.78 is 14.8. The fourth-order valence-corrected chi connectivity index (χ4v) is 10.7. The van der Waals surface area contributed by atoms with E-state index >= 15 is 0 Å². The lowest BCUT2D eigenvalue weighted by Gasteiger charge is -2.33.